The number of halogens is 4. The van der Waals surface area contributed by atoms with Crippen LogP contribution in [-0.2, 0) is 0 Å². The van der Waals surface area contributed by atoms with Crippen LogP contribution in [-0.4, -0.2) is 17.7 Å². The van der Waals surface area contributed by atoms with Gasteiger partial charge in [0.1, 0.15) is 0 Å². The molecule has 0 radical (unpaired) electrons. The number of rotatable bonds is 3. The summed E-state index contributed by atoms with van der Waals surface area (Å²) in [6, 6.07) is 0.759. The van der Waals surface area contributed by atoms with E-state index in [0.29, 0.717) is 6.20 Å². The van der Waals surface area contributed by atoms with Gasteiger partial charge in [-0.1, -0.05) is 0 Å². The molecule has 0 fully saturated rings. The molecule has 18 heavy (non-hydrogen) atoms. The largest absolute Gasteiger partial charge is 0.286 e. The van der Waals surface area contributed by atoms with Crippen molar-refractivity contribution in [2.75, 3.05) is 7.05 Å². The third-order valence-electron chi connectivity index (χ3n) is 2.06. The molecule has 0 aliphatic carbocycles. The van der Waals surface area contributed by atoms with Crippen molar-refractivity contribution in [1.29, 1.82) is 0 Å². The maximum absolute atomic E-state index is 13.2. The van der Waals surface area contributed by atoms with Crippen molar-refractivity contribution in [2.45, 2.75) is 6.92 Å². The average Bonchev–Trinajstić information content (AvgIpc) is 2.38. The molecule has 96 valence electrons. The third-order valence-corrected chi connectivity index (χ3v) is 2.06. The summed E-state index contributed by atoms with van der Waals surface area (Å²) in [6.07, 6.45) is 2.33. The zero-order chi connectivity index (χ0) is 13.7. The van der Waals surface area contributed by atoms with Crippen molar-refractivity contribution >= 4 is 5.71 Å². The normalized spacial score (nSPS) is 14.0. The second kappa shape index (κ2) is 6.09. The van der Waals surface area contributed by atoms with Crippen LogP contribution in [0.1, 0.15) is 12.6 Å². The van der Waals surface area contributed by atoms with E-state index in [-0.39, 0.29) is 11.4 Å². The van der Waals surface area contributed by atoms with E-state index >= 15 is 0 Å². The number of allylic oxidation sites excluding steroid dienone is 4. The number of aromatic nitrogens is 1. The first-order chi connectivity index (χ1) is 8.49. The highest BCUT2D eigenvalue weighted by molar-refractivity contribution is 6.07. The fourth-order valence-corrected chi connectivity index (χ4v) is 1.13. The Balaban J connectivity index is 3.16. The zero-order valence-electron chi connectivity index (χ0n) is 9.72. The predicted molar refractivity (Wildman–Crippen MR) is 60.7 cm³/mol. The first-order valence-electron chi connectivity index (χ1n) is 4.97. The van der Waals surface area contributed by atoms with Crippen molar-refractivity contribution < 1.29 is 17.6 Å². The van der Waals surface area contributed by atoms with Gasteiger partial charge in [-0.2, -0.15) is 0 Å². The molecule has 0 saturated carbocycles. The Hall–Kier alpha value is -1.98. The van der Waals surface area contributed by atoms with Crippen molar-refractivity contribution in [1.82, 2.24) is 4.98 Å². The molecule has 1 aromatic heterocycles. The van der Waals surface area contributed by atoms with Crippen LogP contribution in [0, 0.1) is 11.6 Å². The van der Waals surface area contributed by atoms with Gasteiger partial charge in [0, 0.05) is 19.2 Å². The molecular weight excluding hydrogens is 248 g/mol. The molecule has 0 bridgehead atoms. The lowest BCUT2D eigenvalue weighted by Gasteiger charge is -2.01. The highest BCUT2D eigenvalue weighted by Crippen LogP contribution is 2.15. The Bertz CT molecular complexity index is 533. The molecule has 0 aromatic carbocycles. The Morgan fingerprint density at radius 2 is 1.89 bits per heavy atom. The molecule has 1 heterocycles. The molecule has 0 aliphatic rings. The maximum atomic E-state index is 13.2. The molecule has 1 aromatic rings. The van der Waals surface area contributed by atoms with Gasteiger partial charge >= 0.3 is 0 Å². The van der Waals surface area contributed by atoms with E-state index in [1.54, 1.807) is 0 Å². The topological polar surface area (TPSA) is 25.2 Å². The Morgan fingerprint density at radius 3 is 2.39 bits per heavy atom. The van der Waals surface area contributed by atoms with Crippen molar-refractivity contribution in [3.05, 3.63) is 53.4 Å². The lowest BCUT2D eigenvalue weighted by Crippen LogP contribution is -2.03. The molecular formula is C12H10F4N2. The van der Waals surface area contributed by atoms with Crippen LogP contribution in [0.5, 0.6) is 0 Å². The van der Waals surface area contributed by atoms with E-state index in [0.717, 1.165) is 18.2 Å². The molecule has 2 nitrogen and oxygen atoms in total. The number of hydrogen-bond acceptors (Lipinski definition) is 2. The molecule has 0 aliphatic heterocycles. The molecule has 1 rings (SSSR count). The summed E-state index contributed by atoms with van der Waals surface area (Å²) in [4.78, 5) is 7.19. The van der Waals surface area contributed by atoms with Gasteiger partial charge < -0.3 is 0 Å². The molecule has 0 saturated heterocycles. The lowest BCUT2D eigenvalue weighted by atomic mass is 10.2. The fraction of sp³-hybridized carbons (Fsp3) is 0.167. The summed E-state index contributed by atoms with van der Waals surface area (Å²) in [6.45, 7) is 1.32. The first-order valence-corrected chi connectivity index (χ1v) is 4.97. The van der Waals surface area contributed by atoms with E-state index in [2.05, 4.69) is 9.98 Å². The van der Waals surface area contributed by atoms with Gasteiger partial charge in [0.05, 0.1) is 17.6 Å². The van der Waals surface area contributed by atoms with E-state index in [9.17, 15) is 17.6 Å². The van der Waals surface area contributed by atoms with Crippen molar-refractivity contribution in [2.24, 2.45) is 4.99 Å². The standard InChI is InChI=1S/C12H10F4N2/c1-3-7(13)8(14)4-11(17-2)12-5-9(15)10(16)6-18-12/h3-6H,1-2H3/b7-3+,8-4+,17-11?. The molecule has 0 unspecified atom stereocenters. The molecule has 0 amide bonds. The van der Waals surface area contributed by atoms with Crippen LogP contribution in [0.4, 0.5) is 17.6 Å². The molecule has 0 atom stereocenters. The van der Waals surface area contributed by atoms with Gasteiger partial charge in [-0.05, 0) is 13.0 Å². The zero-order valence-corrected chi connectivity index (χ0v) is 9.72. The smallest absolute Gasteiger partial charge is 0.177 e. The monoisotopic (exact) mass is 258 g/mol. The summed E-state index contributed by atoms with van der Waals surface area (Å²) >= 11 is 0. The maximum Gasteiger partial charge on any atom is 0.177 e. The SMILES string of the molecule is C/C=C(F)\C(F)=C/C(=NC)c1cc(F)c(F)cn1. The van der Waals surface area contributed by atoms with E-state index < -0.39 is 23.3 Å². The Kier molecular flexibility index (Phi) is 4.76. The summed E-state index contributed by atoms with van der Waals surface area (Å²) in [5, 5.41) is 0. The minimum absolute atomic E-state index is 0.0875. The average molecular weight is 258 g/mol. The number of nitrogens with zero attached hydrogens (tertiary/aromatic N) is 2. The summed E-state index contributed by atoms with van der Waals surface area (Å²) in [5.74, 6) is -4.50. The van der Waals surface area contributed by atoms with Crippen molar-refractivity contribution in [3.63, 3.8) is 0 Å². The molecule has 0 spiro atoms. The van der Waals surface area contributed by atoms with Crippen molar-refractivity contribution in [3.8, 4) is 0 Å². The second-order valence-corrected chi connectivity index (χ2v) is 3.22. The van der Waals surface area contributed by atoms with Crippen LogP contribution in [0.3, 0.4) is 0 Å². The van der Waals surface area contributed by atoms with Crippen LogP contribution in [0.15, 0.2) is 41.1 Å². The number of pyridine rings is 1. The van der Waals surface area contributed by atoms with E-state index in [4.69, 9.17) is 0 Å². The first kappa shape index (κ1) is 14.1. The van der Waals surface area contributed by atoms with Gasteiger partial charge in [0.2, 0.25) is 0 Å². The Morgan fingerprint density at radius 1 is 1.22 bits per heavy atom. The van der Waals surface area contributed by atoms with Crippen LogP contribution < -0.4 is 0 Å². The predicted octanol–water partition coefficient (Wildman–Crippen LogP) is 3.51. The number of aliphatic imine (C=N–C) groups is 1. The fourth-order valence-electron chi connectivity index (χ4n) is 1.13. The quantitative estimate of drug-likeness (QED) is 0.462. The lowest BCUT2D eigenvalue weighted by molar-refractivity contribution is 0.503. The third kappa shape index (κ3) is 3.26. The van der Waals surface area contributed by atoms with Gasteiger partial charge in [0.15, 0.2) is 23.3 Å². The number of hydrogen-bond donors (Lipinski definition) is 0. The van der Waals surface area contributed by atoms with E-state index in [1.165, 1.54) is 14.0 Å². The second-order valence-electron chi connectivity index (χ2n) is 3.22. The minimum Gasteiger partial charge on any atom is -0.286 e. The van der Waals surface area contributed by atoms with E-state index in [1.807, 2.05) is 0 Å². The highest BCUT2D eigenvalue weighted by atomic mass is 19.2. The van der Waals surface area contributed by atoms with Gasteiger partial charge in [-0.15, -0.1) is 0 Å². The van der Waals surface area contributed by atoms with Gasteiger partial charge in [-0.25, -0.2) is 17.6 Å². The summed E-state index contributed by atoms with van der Waals surface area (Å²) in [7, 11) is 1.30. The molecule has 0 N–H and O–H groups in total. The highest BCUT2D eigenvalue weighted by Gasteiger charge is 2.10. The van der Waals surface area contributed by atoms with Crippen LogP contribution in [0.2, 0.25) is 0 Å². The summed E-state index contributed by atoms with van der Waals surface area (Å²) < 4.78 is 51.8. The van der Waals surface area contributed by atoms with Crippen LogP contribution >= 0.6 is 0 Å². The van der Waals surface area contributed by atoms with Crippen LogP contribution in [0.25, 0.3) is 0 Å². The minimum atomic E-state index is -1.16. The molecule has 6 heteroatoms. The van der Waals surface area contributed by atoms with Gasteiger partial charge in [0.25, 0.3) is 0 Å². The Labute approximate surface area is 101 Å². The summed E-state index contributed by atoms with van der Waals surface area (Å²) in [5.41, 5.74) is -0.182. The van der Waals surface area contributed by atoms with Gasteiger partial charge in [-0.3, -0.25) is 9.98 Å².